The fourth-order valence-corrected chi connectivity index (χ4v) is 0. The largest absolute Gasteiger partial charge is 1.00 e. The van der Waals surface area contributed by atoms with Gasteiger partial charge in [-0.15, -0.1) is 0 Å². The third kappa shape index (κ3) is 22.8. The molecule has 0 heterocycles. The Balaban J connectivity index is -0.000000000833. The molecule has 0 atom stereocenters. The van der Waals surface area contributed by atoms with Crippen LogP contribution in [0.2, 0.25) is 0 Å². The molecule has 0 amide bonds. The van der Waals surface area contributed by atoms with Crippen molar-refractivity contribution < 1.29 is 86.9 Å². The maximum absolute atomic E-state index is 6.25. The van der Waals surface area contributed by atoms with E-state index >= 15 is 0 Å². The molecule has 1 nitrogen and oxygen atoms in total. The van der Waals surface area contributed by atoms with Crippen LogP contribution in [0.1, 0.15) is 1.43 Å². The van der Waals surface area contributed by atoms with Gasteiger partial charge in [0.2, 0.25) is 0 Å². The first-order valence-electron chi connectivity index (χ1n) is 0.224. The minimum absolute atomic E-state index is 0. The molecule has 0 aliphatic carbocycles. The molecule has 0 aliphatic rings. The van der Waals surface area contributed by atoms with Gasteiger partial charge in [0.1, 0.15) is 0 Å². The van der Waals surface area contributed by atoms with Gasteiger partial charge < -0.3 is 13.3 Å². The van der Waals surface area contributed by atoms with E-state index in [2.05, 4.69) is 0 Å². The van der Waals surface area contributed by atoms with E-state index < -0.39 is 0 Å². The quantitative estimate of drug-likeness (QED) is 0.289. The Morgan fingerprint density at radius 2 is 1.40 bits per heavy atom. The molecule has 0 bridgehead atoms. The molecule has 0 aromatic heterocycles. The van der Waals surface area contributed by atoms with Crippen LogP contribution in [-0.2, 0) is 34.1 Å². The zero-order valence-corrected chi connectivity index (χ0v) is 8.09. The van der Waals surface area contributed by atoms with Gasteiger partial charge in [0.25, 0.3) is 0 Å². The maximum atomic E-state index is 6.25. The van der Waals surface area contributed by atoms with Crippen LogP contribution in [0.15, 0.2) is 0 Å². The number of nitrogens with zero attached hydrogens (tertiary/aromatic N) is 1. The van der Waals surface area contributed by atoms with Crippen LogP contribution in [0.3, 0.4) is 0 Å². The van der Waals surface area contributed by atoms with Crippen molar-refractivity contribution in [3.63, 3.8) is 0 Å². The van der Waals surface area contributed by atoms with Gasteiger partial charge in [-0.3, -0.25) is 0 Å². The summed E-state index contributed by atoms with van der Waals surface area (Å²) in [7, 11) is 0. The van der Waals surface area contributed by atoms with E-state index in [0.29, 0.717) is 0 Å². The van der Waals surface area contributed by atoms with Gasteiger partial charge in [-0.2, -0.15) is 0 Å². The van der Waals surface area contributed by atoms with Gasteiger partial charge in [-0.1, -0.05) is 0 Å². The molecule has 0 unspecified atom stereocenters. The summed E-state index contributed by atoms with van der Waals surface area (Å²) in [5, 5.41) is 6.25. The maximum Gasteiger partial charge on any atom is 1.00 e. The monoisotopic (exact) mass is 177 g/mol. The van der Waals surface area contributed by atoms with Crippen molar-refractivity contribution in [2.24, 2.45) is 0 Å². The molecule has 0 saturated heterocycles. The normalized spacial score (nSPS) is 0.400. The average molecular weight is 177 g/mol. The summed E-state index contributed by atoms with van der Waals surface area (Å²) in [5.41, 5.74) is 0. The second kappa shape index (κ2) is 35.1. The average Bonchev–Trinajstić information content (AvgIpc) is 1.00. The molecule has 1 radical (unpaired) electrons. The molecule has 0 N–H and O–H groups in total. The van der Waals surface area contributed by atoms with Crippen LogP contribution in [0.5, 0.6) is 0 Å². The summed E-state index contributed by atoms with van der Waals surface area (Å²) in [5.74, 6) is 0. The first kappa shape index (κ1) is 27.2. The van der Waals surface area contributed by atoms with Crippen molar-refractivity contribution in [2.45, 2.75) is 0 Å². The van der Waals surface area contributed by atoms with E-state index in [9.17, 15) is 0 Å². The molecule has 4 heteroatoms. The van der Waals surface area contributed by atoms with Crippen LogP contribution in [0.4, 0.5) is 0 Å². The Morgan fingerprint density at radius 1 is 1.40 bits per heavy atom. The summed E-state index contributed by atoms with van der Waals surface area (Å²) in [6.45, 7) is 4.75. The van der Waals surface area contributed by atoms with E-state index in [-0.39, 0.29) is 86.9 Å². The summed E-state index contributed by atoms with van der Waals surface area (Å²) >= 11 is 0. The molecule has 5 heavy (non-hydrogen) atoms. The van der Waals surface area contributed by atoms with Gasteiger partial charge in [-0.05, 0) is 0 Å². The molecule has 0 aromatic rings. The van der Waals surface area contributed by atoms with Gasteiger partial charge in [0.15, 0.2) is 0 Å². The molecule has 0 rings (SSSR count). The molecular weight excluding hydrogens is 176 g/mol. The Bertz CT molecular complexity index is 20.3. The summed E-state index contributed by atoms with van der Waals surface area (Å²) < 4.78 is 0. The smallest absolute Gasteiger partial charge is 1.00 e. The molecule has 0 fully saturated rings. The Kier molecular flexibility index (Phi) is 191. The molecule has 0 aliphatic heterocycles. The Morgan fingerprint density at radius 3 is 1.40 bits per heavy atom. The van der Waals surface area contributed by atoms with Crippen molar-refractivity contribution in [2.75, 3.05) is 0 Å². The minimum Gasteiger partial charge on any atom is -1.00 e. The fourth-order valence-electron chi connectivity index (χ4n) is 0. The predicted octanol–water partition coefficient (Wildman–Crippen LogP) is -2.79. The summed E-state index contributed by atoms with van der Waals surface area (Å²) in [6.07, 6.45) is 0. The van der Waals surface area contributed by atoms with Crippen LogP contribution in [0, 0.1) is 11.8 Å². The third-order valence-electron chi connectivity index (χ3n) is 0. The number of hydrogen-bond donors (Lipinski definition) is 0. The van der Waals surface area contributed by atoms with Crippen LogP contribution >= 0.6 is 0 Å². The van der Waals surface area contributed by atoms with Crippen LogP contribution < -0.4 is 51.4 Å². The number of rotatable bonds is 0. The van der Waals surface area contributed by atoms with E-state index in [1.54, 1.807) is 0 Å². The fraction of sp³-hybridized carbons (Fsp3) is 0. The van der Waals surface area contributed by atoms with E-state index in [0.717, 1.165) is 0 Å². The first-order valence-corrected chi connectivity index (χ1v) is 0.224. The van der Waals surface area contributed by atoms with Crippen molar-refractivity contribution in [3.05, 3.63) is 6.57 Å². The number of hydrogen-bond acceptors (Lipinski definition) is 1. The topological polar surface area (TPSA) is 23.8 Å². The molecule has 0 saturated carbocycles. The van der Waals surface area contributed by atoms with Gasteiger partial charge in [0.05, 0.1) is 0 Å². The molecule has 0 spiro atoms. The van der Waals surface area contributed by atoms with Gasteiger partial charge in [0, 0.05) is 34.1 Å². The Hall–Kier alpha value is 2.17. The molecule has 27 valence electrons. The first-order chi connectivity index (χ1) is 1.00. The van der Waals surface area contributed by atoms with E-state index in [4.69, 9.17) is 11.8 Å². The van der Waals surface area contributed by atoms with E-state index in [1.807, 2.05) is 0 Å². The zero-order valence-electron chi connectivity index (χ0n) is 3.68. The van der Waals surface area contributed by atoms with Gasteiger partial charge >= 0.3 is 51.4 Å². The SMILES string of the molecule is [C-]#N.[Fe].[H-].[K+].[Mn]. The second-order valence-corrected chi connectivity index (χ2v) is 0. The van der Waals surface area contributed by atoms with Crippen molar-refractivity contribution in [3.8, 4) is 0 Å². The third-order valence-corrected chi connectivity index (χ3v) is 0. The van der Waals surface area contributed by atoms with Crippen molar-refractivity contribution >= 4 is 0 Å². The van der Waals surface area contributed by atoms with Crippen molar-refractivity contribution in [1.29, 1.82) is 5.26 Å². The second-order valence-electron chi connectivity index (χ2n) is 0. The molecular formula is CHFeKMnN-. The minimum atomic E-state index is 0. The van der Waals surface area contributed by atoms with Crippen LogP contribution in [0.25, 0.3) is 0 Å². The predicted molar refractivity (Wildman–Crippen MR) is 6.08 cm³/mol. The zero-order chi connectivity index (χ0) is 2.00. The summed E-state index contributed by atoms with van der Waals surface area (Å²) in [6, 6.07) is 0. The van der Waals surface area contributed by atoms with Gasteiger partial charge in [-0.25, -0.2) is 0 Å². The van der Waals surface area contributed by atoms with E-state index in [1.165, 1.54) is 0 Å². The summed E-state index contributed by atoms with van der Waals surface area (Å²) in [4.78, 5) is 0. The standard InChI is InChI=1S/CN.Fe.K.Mn.H/c1-2;;;;/q-1;;+1;;-1. The van der Waals surface area contributed by atoms with Crippen LogP contribution in [-0.4, -0.2) is 0 Å². The molecule has 0 aromatic carbocycles. The van der Waals surface area contributed by atoms with Crippen molar-refractivity contribution in [1.82, 2.24) is 0 Å². The Labute approximate surface area is 96.7 Å².